The van der Waals surface area contributed by atoms with Crippen LogP contribution in [0.5, 0.6) is 0 Å². The summed E-state index contributed by atoms with van der Waals surface area (Å²) in [5, 5.41) is 5.95. The van der Waals surface area contributed by atoms with Gasteiger partial charge in [-0.25, -0.2) is 9.37 Å². The van der Waals surface area contributed by atoms with Gasteiger partial charge in [-0.05, 0) is 41.2 Å². The Labute approximate surface area is 106 Å². The summed E-state index contributed by atoms with van der Waals surface area (Å²) in [5.74, 6) is -0.248. The molecule has 1 heterocycles. The highest BCUT2D eigenvalue weighted by Gasteiger charge is 2.08. The van der Waals surface area contributed by atoms with Gasteiger partial charge < -0.3 is 5.32 Å². The van der Waals surface area contributed by atoms with E-state index in [4.69, 9.17) is 0 Å². The van der Waals surface area contributed by atoms with Gasteiger partial charge in [-0.3, -0.25) is 0 Å². The zero-order chi connectivity index (χ0) is 11.5. The molecule has 0 bridgehead atoms. The standard InChI is InChI=1S/C11H10BrFN2S/c1-14-5-8-6-16-11(15-8)9-3-2-7(13)4-10(9)12/h2-4,6,14H,5H2,1H3. The predicted octanol–water partition coefficient (Wildman–Crippen LogP) is 3.43. The molecule has 0 aliphatic carbocycles. The first kappa shape index (κ1) is 11.7. The molecule has 84 valence electrons. The Kier molecular flexibility index (Phi) is 3.68. The monoisotopic (exact) mass is 300 g/mol. The molecular formula is C11H10BrFN2S. The maximum atomic E-state index is 12.9. The normalized spacial score (nSPS) is 10.7. The summed E-state index contributed by atoms with van der Waals surface area (Å²) in [4.78, 5) is 4.46. The zero-order valence-corrected chi connectivity index (χ0v) is 11.0. The van der Waals surface area contributed by atoms with Gasteiger partial charge in [0.15, 0.2) is 0 Å². The van der Waals surface area contributed by atoms with E-state index in [1.54, 1.807) is 17.4 Å². The van der Waals surface area contributed by atoms with E-state index in [0.29, 0.717) is 0 Å². The van der Waals surface area contributed by atoms with E-state index in [1.807, 2.05) is 12.4 Å². The molecule has 16 heavy (non-hydrogen) atoms. The Morgan fingerprint density at radius 3 is 3.00 bits per heavy atom. The van der Waals surface area contributed by atoms with Crippen molar-refractivity contribution in [3.05, 3.63) is 39.6 Å². The highest BCUT2D eigenvalue weighted by atomic mass is 79.9. The molecule has 0 atom stereocenters. The number of halogens is 2. The van der Waals surface area contributed by atoms with Crippen LogP contribution < -0.4 is 5.32 Å². The molecule has 5 heteroatoms. The number of thiazole rings is 1. The first-order valence-electron chi connectivity index (χ1n) is 4.75. The number of aromatic nitrogens is 1. The van der Waals surface area contributed by atoms with Crippen LogP contribution in [0.1, 0.15) is 5.69 Å². The topological polar surface area (TPSA) is 24.9 Å². The summed E-state index contributed by atoms with van der Waals surface area (Å²) in [5.41, 5.74) is 1.92. The number of rotatable bonds is 3. The van der Waals surface area contributed by atoms with Gasteiger partial charge in [0.05, 0.1) is 5.69 Å². The minimum absolute atomic E-state index is 0.248. The van der Waals surface area contributed by atoms with Gasteiger partial charge in [0.1, 0.15) is 10.8 Å². The van der Waals surface area contributed by atoms with E-state index in [-0.39, 0.29) is 5.82 Å². The number of nitrogens with one attached hydrogen (secondary N) is 1. The predicted molar refractivity (Wildman–Crippen MR) is 68.0 cm³/mol. The smallest absolute Gasteiger partial charge is 0.124 e. The summed E-state index contributed by atoms with van der Waals surface area (Å²) in [6.07, 6.45) is 0. The van der Waals surface area contributed by atoms with Crippen LogP contribution in [0.4, 0.5) is 4.39 Å². The fourth-order valence-corrected chi connectivity index (χ4v) is 2.88. The third-order valence-electron chi connectivity index (χ3n) is 2.07. The number of hydrogen-bond donors (Lipinski definition) is 1. The molecule has 2 rings (SSSR count). The summed E-state index contributed by atoms with van der Waals surface area (Å²) in [6.45, 7) is 0.745. The first-order valence-corrected chi connectivity index (χ1v) is 6.42. The second-order valence-corrected chi connectivity index (χ2v) is 5.01. The summed E-state index contributed by atoms with van der Waals surface area (Å²) < 4.78 is 13.7. The molecule has 1 aromatic heterocycles. The molecular weight excluding hydrogens is 291 g/mol. The van der Waals surface area contributed by atoms with Gasteiger partial charge in [0.2, 0.25) is 0 Å². The highest BCUT2D eigenvalue weighted by molar-refractivity contribution is 9.10. The Bertz CT molecular complexity index is 498. The van der Waals surface area contributed by atoms with E-state index in [1.165, 1.54) is 12.1 Å². The lowest BCUT2D eigenvalue weighted by Gasteiger charge is -2.00. The van der Waals surface area contributed by atoms with Crippen molar-refractivity contribution < 1.29 is 4.39 Å². The van der Waals surface area contributed by atoms with E-state index in [9.17, 15) is 4.39 Å². The third-order valence-corrected chi connectivity index (χ3v) is 3.65. The molecule has 1 N–H and O–H groups in total. The SMILES string of the molecule is CNCc1csc(-c2ccc(F)cc2Br)n1. The maximum Gasteiger partial charge on any atom is 0.124 e. The molecule has 0 amide bonds. The van der Waals surface area contributed by atoms with Crippen LogP contribution in [0.2, 0.25) is 0 Å². The molecule has 0 aliphatic rings. The van der Waals surface area contributed by atoms with Crippen LogP contribution in [0.25, 0.3) is 10.6 Å². The molecule has 0 saturated heterocycles. The van der Waals surface area contributed by atoms with Crippen molar-refractivity contribution in [2.45, 2.75) is 6.54 Å². The van der Waals surface area contributed by atoms with Crippen molar-refractivity contribution in [1.29, 1.82) is 0 Å². The fraction of sp³-hybridized carbons (Fsp3) is 0.182. The van der Waals surface area contributed by atoms with E-state index < -0.39 is 0 Å². The van der Waals surface area contributed by atoms with Crippen LogP contribution in [0.3, 0.4) is 0 Å². The van der Waals surface area contributed by atoms with Crippen LogP contribution in [0.15, 0.2) is 28.1 Å². The minimum atomic E-state index is -0.248. The highest BCUT2D eigenvalue weighted by Crippen LogP contribution is 2.31. The van der Waals surface area contributed by atoms with Crippen molar-refractivity contribution in [2.24, 2.45) is 0 Å². The molecule has 0 radical (unpaired) electrons. The van der Waals surface area contributed by atoms with Gasteiger partial charge >= 0.3 is 0 Å². The number of hydrogen-bond acceptors (Lipinski definition) is 3. The van der Waals surface area contributed by atoms with Crippen molar-refractivity contribution in [3.63, 3.8) is 0 Å². The average Bonchev–Trinajstić information content (AvgIpc) is 2.67. The Morgan fingerprint density at radius 2 is 2.31 bits per heavy atom. The van der Waals surface area contributed by atoms with Crippen LogP contribution >= 0.6 is 27.3 Å². The van der Waals surface area contributed by atoms with Gasteiger partial charge in [0, 0.05) is 22.0 Å². The molecule has 2 nitrogen and oxygen atoms in total. The Morgan fingerprint density at radius 1 is 1.50 bits per heavy atom. The first-order chi connectivity index (χ1) is 7.70. The fourth-order valence-electron chi connectivity index (χ4n) is 1.36. The van der Waals surface area contributed by atoms with Gasteiger partial charge in [-0.2, -0.15) is 0 Å². The zero-order valence-electron chi connectivity index (χ0n) is 8.63. The summed E-state index contributed by atoms with van der Waals surface area (Å²) in [6, 6.07) is 4.63. The third kappa shape index (κ3) is 2.48. The Balaban J connectivity index is 2.35. The van der Waals surface area contributed by atoms with Crippen molar-refractivity contribution in [1.82, 2.24) is 10.3 Å². The number of nitrogens with zero attached hydrogens (tertiary/aromatic N) is 1. The van der Waals surface area contributed by atoms with Gasteiger partial charge in [-0.1, -0.05) is 0 Å². The quantitative estimate of drug-likeness (QED) is 0.939. The second kappa shape index (κ2) is 5.03. The van der Waals surface area contributed by atoms with Gasteiger partial charge in [0.25, 0.3) is 0 Å². The van der Waals surface area contributed by atoms with Crippen molar-refractivity contribution in [3.8, 4) is 10.6 Å². The van der Waals surface area contributed by atoms with Crippen LogP contribution in [-0.2, 0) is 6.54 Å². The summed E-state index contributed by atoms with van der Waals surface area (Å²) >= 11 is 4.90. The summed E-state index contributed by atoms with van der Waals surface area (Å²) in [7, 11) is 1.88. The Hall–Kier alpha value is -0.780. The van der Waals surface area contributed by atoms with Crippen LogP contribution in [-0.4, -0.2) is 12.0 Å². The minimum Gasteiger partial charge on any atom is -0.314 e. The molecule has 0 aliphatic heterocycles. The van der Waals surface area contributed by atoms with Crippen LogP contribution in [0, 0.1) is 5.82 Å². The van der Waals surface area contributed by atoms with E-state index in [0.717, 1.165) is 27.3 Å². The molecule has 2 aromatic rings. The molecule has 1 aromatic carbocycles. The van der Waals surface area contributed by atoms with E-state index in [2.05, 4.69) is 26.2 Å². The average molecular weight is 301 g/mol. The number of benzene rings is 1. The lowest BCUT2D eigenvalue weighted by atomic mass is 10.2. The largest absolute Gasteiger partial charge is 0.314 e. The molecule has 0 saturated carbocycles. The maximum absolute atomic E-state index is 12.9. The molecule has 0 unspecified atom stereocenters. The molecule has 0 spiro atoms. The lowest BCUT2D eigenvalue weighted by molar-refractivity contribution is 0.627. The van der Waals surface area contributed by atoms with Crippen molar-refractivity contribution >= 4 is 27.3 Å². The second-order valence-electron chi connectivity index (χ2n) is 3.30. The van der Waals surface area contributed by atoms with E-state index >= 15 is 0 Å². The van der Waals surface area contributed by atoms with Crippen molar-refractivity contribution in [2.75, 3.05) is 7.05 Å². The molecule has 0 fully saturated rings. The lowest BCUT2D eigenvalue weighted by Crippen LogP contribution is -2.04. The van der Waals surface area contributed by atoms with Gasteiger partial charge in [-0.15, -0.1) is 11.3 Å².